The predicted molar refractivity (Wildman–Crippen MR) is 65.9 cm³/mol. The van der Waals surface area contributed by atoms with E-state index in [4.69, 9.17) is 4.42 Å². The van der Waals surface area contributed by atoms with Crippen LogP contribution in [-0.2, 0) is 12.8 Å². The summed E-state index contributed by atoms with van der Waals surface area (Å²) in [5.41, 5.74) is 0. The van der Waals surface area contributed by atoms with Crippen LogP contribution >= 0.6 is 0 Å². The van der Waals surface area contributed by atoms with Gasteiger partial charge in [-0.1, -0.05) is 6.42 Å². The van der Waals surface area contributed by atoms with Gasteiger partial charge in [-0.2, -0.15) is 0 Å². The van der Waals surface area contributed by atoms with Gasteiger partial charge >= 0.3 is 0 Å². The van der Waals surface area contributed by atoms with Crippen molar-refractivity contribution in [2.24, 2.45) is 0 Å². The number of aliphatic hydroxyl groups excluding tert-OH is 1. The van der Waals surface area contributed by atoms with Crippen molar-refractivity contribution in [1.82, 2.24) is 9.88 Å². The van der Waals surface area contributed by atoms with Crippen LogP contribution in [0.2, 0.25) is 0 Å². The zero-order valence-corrected chi connectivity index (χ0v) is 10.6. The van der Waals surface area contributed by atoms with Gasteiger partial charge in [0.05, 0.1) is 12.3 Å². The molecule has 1 fully saturated rings. The molecular weight excluding hydrogens is 216 g/mol. The van der Waals surface area contributed by atoms with Gasteiger partial charge in [0, 0.05) is 19.4 Å². The lowest BCUT2D eigenvalue weighted by molar-refractivity contribution is 0.185. The minimum Gasteiger partial charge on any atom is -0.446 e. The van der Waals surface area contributed by atoms with Gasteiger partial charge in [-0.25, -0.2) is 4.98 Å². The summed E-state index contributed by atoms with van der Waals surface area (Å²) in [5.74, 6) is 1.58. The second-order valence-electron chi connectivity index (χ2n) is 4.93. The first-order valence-electron chi connectivity index (χ1n) is 6.58. The maximum atomic E-state index is 9.25. The molecule has 1 aromatic heterocycles. The van der Waals surface area contributed by atoms with E-state index in [0.29, 0.717) is 6.42 Å². The van der Waals surface area contributed by atoms with Gasteiger partial charge in [0.2, 0.25) is 0 Å². The average molecular weight is 238 g/mol. The van der Waals surface area contributed by atoms with Crippen molar-refractivity contribution in [3.05, 3.63) is 17.8 Å². The van der Waals surface area contributed by atoms with E-state index >= 15 is 0 Å². The summed E-state index contributed by atoms with van der Waals surface area (Å²) < 4.78 is 5.59. The Morgan fingerprint density at radius 3 is 2.88 bits per heavy atom. The van der Waals surface area contributed by atoms with E-state index in [9.17, 15) is 5.11 Å². The van der Waals surface area contributed by atoms with E-state index in [-0.39, 0.29) is 6.10 Å². The largest absolute Gasteiger partial charge is 0.446 e. The molecular formula is C13H22N2O2. The third-order valence-corrected chi connectivity index (χ3v) is 3.19. The summed E-state index contributed by atoms with van der Waals surface area (Å²) in [6.07, 6.45) is 6.80. The summed E-state index contributed by atoms with van der Waals surface area (Å²) in [6.45, 7) is 5.22. The highest BCUT2D eigenvalue weighted by atomic mass is 16.4. The maximum Gasteiger partial charge on any atom is 0.195 e. The highest BCUT2D eigenvalue weighted by Crippen LogP contribution is 2.11. The molecule has 4 heteroatoms. The van der Waals surface area contributed by atoms with Crippen LogP contribution in [0.25, 0.3) is 0 Å². The lowest BCUT2D eigenvalue weighted by Crippen LogP contribution is -2.31. The van der Waals surface area contributed by atoms with E-state index in [1.165, 1.54) is 32.4 Å². The van der Waals surface area contributed by atoms with Crippen LogP contribution in [0.15, 0.2) is 10.6 Å². The molecule has 0 saturated carbocycles. The molecule has 0 aliphatic carbocycles. The normalized spacial score (nSPS) is 19.4. The minimum atomic E-state index is -0.363. The lowest BCUT2D eigenvalue weighted by Gasteiger charge is -2.25. The molecule has 96 valence electrons. The number of aliphatic hydroxyl groups is 1. The van der Waals surface area contributed by atoms with Crippen LogP contribution < -0.4 is 0 Å². The van der Waals surface area contributed by atoms with Gasteiger partial charge in [0.15, 0.2) is 5.89 Å². The topological polar surface area (TPSA) is 49.5 Å². The number of aromatic nitrogens is 1. The molecule has 1 aromatic rings. The SMILES string of the molecule is CC(O)Cc1cnc(CCN2CCCCC2)o1. The fourth-order valence-corrected chi connectivity index (χ4v) is 2.29. The third kappa shape index (κ3) is 4.13. The van der Waals surface area contributed by atoms with Crippen LogP contribution in [0.1, 0.15) is 37.8 Å². The summed E-state index contributed by atoms with van der Waals surface area (Å²) >= 11 is 0. The Morgan fingerprint density at radius 1 is 1.41 bits per heavy atom. The van der Waals surface area contributed by atoms with Gasteiger partial charge < -0.3 is 14.4 Å². The number of oxazole rings is 1. The number of hydrogen-bond acceptors (Lipinski definition) is 4. The van der Waals surface area contributed by atoms with Gasteiger partial charge in [-0.15, -0.1) is 0 Å². The maximum absolute atomic E-state index is 9.25. The molecule has 1 atom stereocenters. The summed E-state index contributed by atoms with van der Waals surface area (Å²) in [4.78, 5) is 6.72. The molecule has 1 aliphatic rings. The first-order valence-corrected chi connectivity index (χ1v) is 6.58. The van der Waals surface area contributed by atoms with Crippen LogP contribution in [0.3, 0.4) is 0 Å². The van der Waals surface area contributed by atoms with Crippen molar-refractivity contribution in [3.63, 3.8) is 0 Å². The van der Waals surface area contributed by atoms with Crippen molar-refractivity contribution in [1.29, 1.82) is 0 Å². The molecule has 2 rings (SSSR count). The third-order valence-electron chi connectivity index (χ3n) is 3.19. The zero-order valence-electron chi connectivity index (χ0n) is 10.6. The zero-order chi connectivity index (χ0) is 12.1. The second-order valence-corrected chi connectivity index (χ2v) is 4.93. The molecule has 1 saturated heterocycles. The standard InChI is InChI=1S/C13H22N2O2/c1-11(16)9-12-10-14-13(17-12)5-8-15-6-3-2-4-7-15/h10-11,16H,2-9H2,1H3. The van der Waals surface area contributed by atoms with Crippen LogP contribution in [-0.4, -0.2) is 40.7 Å². The Labute approximate surface area is 103 Å². The van der Waals surface area contributed by atoms with E-state index in [0.717, 1.165) is 24.6 Å². The van der Waals surface area contributed by atoms with Crippen LogP contribution in [0, 0.1) is 0 Å². The van der Waals surface area contributed by atoms with Gasteiger partial charge in [-0.05, 0) is 32.9 Å². The fraction of sp³-hybridized carbons (Fsp3) is 0.769. The molecule has 1 N–H and O–H groups in total. The van der Waals surface area contributed by atoms with Crippen molar-refractivity contribution < 1.29 is 9.52 Å². The van der Waals surface area contributed by atoms with Gasteiger partial charge in [0.25, 0.3) is 0 Å². The molecule has 0 aromatic carbocycles. The van der Waals surface area contributed by atoms with Gasteiger partial charge in [-0.3, -0.25) is 0 Å². The van der Waals surface area contributed by atoms with Crippen molar-refractivity contribution in [2.45, 2.75) is 45.1 Å². The van der Waals surface area contributed by atoms with Crippen molar-refractivity contribution in [3.8, 4) is 0 Å². The monoisotopic (exact) mass is 238 g/mol. The van der Waals surface area contributed by atoms with Crippen LogP contribution in [0.5, 0.6) is 0 Å². The molecule has 0 radical (unpaired) electrons. The minimum absolute atomic E-state index is 0.363. The number of nitrogens with zero attached hydrogens (tertiary/aromatic N) is 2. The summed E-state index contributed by atoms with van der Waals surface area (Å²) in [6, 6.07) is 0. The van der Waals surface area contributed by atoms with Gasteiger partial charge in [0.1, 0.15) is 5.76 Å². The summed E-state index contributed by atoms with van der Waals surface area (Å²) in [5, 5.41) is 9.25. The van der Waals surface area contributed by atoms with Crippen molar-refractivity contribution in [2.75, 3.05) is 19.6 Å². The average Bonchev–Trinajstić information content (AvgIpc) is 2.75. The first kappa shape index (κ1) is 12.6. The predicted octanol–water partition coefficient (Wildman–Crippen LogP) is 1.63. The fourth-order valence-electron chi connectivity index (χ4n) is 2.29. The first-order chi connectivity index (χ1) is 8.24. The lowest BCUT2D eigenvalue weighted by atomic mass is 10.1. The molecule has 1 unspecified atom stereocenters. The molecule has 0 spiro atoms. The Kier molecular flexibility index (Phi) is 4.57. The van der Waals surface area contributed by atoms with Crippen molar-refractivity contribution >= 4 is 0 Å². The van der Waals surface area contributed by atoms with E-state index in [1.54, 1.807) is 13.1 Å². The molecule has 2 heterocycles. The van der Waals surface area contributed by atoms with Crippen LogP contribution in [0.4, 0.5) is 0 Å². The highest BCUT2D eigenvalue weighted by Gasteiger charge is 2.12. The number of hydrogen-bond donors (Lipinski definition) is 1. The Morgan fingerprint density at radius 2 is 2.18 bits per heavy atom. The Hall–Kier alpha value is -0.870. The number of rotatable bonds is 5. The Bertz CT molecular complexity index is 330. The smallest absolute Gasteiger partial charge is 0.195 e. The Balaban J connectivity index is 1.76. The molecule has 17 heavy (non-hydrogen) atoms. The molecule has 0 amide bonds. The van der Waals surface area contributed by atoms with E-state index in [1.807, 2.05) is 0 Å². The number of piperidine rings is 1. The number of likely N-dealkylation sites (tertiary alicyclic amines) is 1. The molecule has 4 nitrogen and oxygen atoms in total. The quantitative estimate of drug-likeness (QED) is 0.847. The summed E-state index contributed by atoms with van der Waals surface area (Å²) in [7, 11) is 0. The van der Waals surface area contributed by atoms with E-state index < -0.39 is 0 Å². The second kappa shape index (κ2) is 6.17. The molecule has 1 aliphatic heterocycles. The molecule has 0 bridgehead atoms. The highest BCUT2D eigenvalue weighted by molar-refractivity contribution is 4.96. The van der Waals surface area contributed by atoms with E-state index in [2.05, 4.69) is 9.88 Å².